The van der Waals surface area contributed by atoms with Crippen molar-refractivity contribution in [3.8, 4) is 0 Å². The molecule has 1 fully saturated rings. The maximum absolute atomic E-state index is 12.3. The van der Waals surface area contributed by atoms with Crippen LogP contribution in [-0.4, -0.2) is 31.0 Å². The molecule has 0 aromatic rings. The number of nitrogens with one attached hydrogen (secondary N) is 1. The standard InChI is InChI=1S/C9H16F3NO/c1-6(2)14-7-3-4-13-8(5-7)9(10,11)12/h6-8,13H,3-5H2,1-2H3. The van der Waals surface area contributed by atoms with Gasteiger partial charge in [0.05, 0.1) is 12.2 Å². The summed E-state index contributed by atoms with van der Waals surface area (Å²) in [6.45, 7) is 4.05. The molecular weight excluding hydrogens is 195 g/mol. The molecule has 1 heterocycles. The Balaban J connectivity index is 2.44. The minimum Gasteiger partial charge on any atom is -0.375 e. The average molecular weight is 211 g/mol. The summed E-state index contributed by atoms with van der Waals surface area (Å²) in [7, 11) is 0. The molecule has 1 aliphatic rings. The molecule has 84 valence electrons. The van der Waals surface area contributed by atoms with Crippen molar-refractivity contribution in [1.29, 1.82) is 0 Å². The van der Waals surface area contributed by atoms with Crippen LogP contribution < -0.4 is 5.32 Å². The number of rotatable bonds is 2. The number of hydrogen-bond donors (Lipinski definition) is 1. The first-order chi connectivity index (χ1) is 6.39. The summed E-state index contributed by atoms with van der Waals surface area (Å²) >= 11 is 0. The lowest BCUT2D eigenvalue weighted by Gasteiger charge is -2.32. The summed E-state index contributed by atoms with van der Waals surface area (Å²) in [5.41, 5.74) is 0. The van der Waals surface area contributed by atoms with Crippen LogP contribution >= 0.6 is 0 Å². The van der Waals surface area contributed by atoms with Gasteiger partial charge in [0, 0.05) is 0 Å². The number of ether oxygens (including phenoxy) is 1. The zero-order valence-corrected chi connectivity index (χ0v) is 8.40. The first kappa shape index (κ1) is 11.8. The molecule has 0 aromatic carbocycles. The molecule has 0 amide bonds. The van der Waals surface area contributed by atoms with E-state index in [-0.39, 0.29) is 18.6 Å². The Hall–Kier alpha value is -0.290. The van der Waals surface area contributed by atoms with E-state index in [1.807, 2.05) is 13.8 Å². The highest BCUT2D eigenvalue weighted by Crippen LogP contribution is 2.27. The van der Waals surface area contributed by atoms with Gasteiger partial charge in [0.2, 0.25) is 0 Å². The Morgan fingerprint density at radius 2 is 2.00 bits per heavy atom. The van der Waals surface area contributed by atoms with Gasteiger partial charge in [-0.3, -0.25) is 0 Å². The third-order valence-electron chi connectivity index (χ3n) is 2.22. The van der Waals surface area contributed by atoms with E-state index in [1.165, 1.54) is 0 Å². The normalized spacial score (nSPS) is 29.6. The lowest BCUT2D eigenvalue weighted by molar-refractivity contribution is -0.172. The van der Waals surface area contributed by atoms with Crippen molar-refractivity contribution in [3.63, 3.8) is 0 Å². The molecule has 2 atom stereocenters. The predicted molar refractivity (Wildman–Crippen MR) is 47.1 cm³/mol. The number of hydrogen-bond acceptors (Lipinski definition) is 2. The zero-order valence-electron chi connectivity index (χ0n) is 8.40. The highest BCUT2D eigenvalue weighted by atomic mass is 19.4. The van der Waals surface area contributed by atoms with Crippen molar-refractivity contribution in [3.05, 3.63) is 0 Å². The Labute approximate surface area is 81.8 Å². The van der Waals surface area contributed by atoms with Crippen molar-refractivity contribution >= 4 is 0 Å². The smallest absolute Gasteiger partial charge is 0.375 e. The van der Waals surface area contributed by atoms with Crippen LogP contribution in [-0.2, 0) is 4.74 Å². The van der Waals surface area contributed by atoms with E-state index in [4.69, 9.17) is 4.74 Å². The van der Waals surface area contributed by atoms with Crippen LogP contribution in [0.4, 0.5) is 13.2 Å². The molecule has 2 nitrogen and oxygen atoms in total. The minimum atomic E-state index is -4.15. The monoisotopic (exact) mass is 211 g/mol. The van der Waals surface area contributed by atoms with Gasteiger partial charge in [0.1, 0.15) is 6.04 Å². The topological polar surface area (TPSA) is 21.3 Å². The summed E-state index contributed by atoms with van der Waals surface area (Å²) in [6, 6.07) is -1.40. The molecular formula is C9H16F3NO. The van der Waals surface area contributed by atoms with Crippen molar-refractivity contribution < 1.29 is 17.9 Å². The molecule has 1 aliphatic heterocycles. The van der Waals surface area contributed by atoms with Gasteiger partial charge >= 0.3 is 6.18 Å². The van der Waals surface area contributed by atoms with Gasteiger partial charge in [-0.25, -0.2) is 0 Å². The summed E-state index contributed by atoms with van der Waals surface area (Å²) in [5.74, 6) is 0. The number of alkyl halides is 3. The molecule has 1 rings (SSSR count). The van der Waals surface area contributed by atoms with Gasteiger partial charge in [-0.2, -0.15) is 13.2 Å². The van der Waals surface area contributed by atoms with Crippen molar-refractivity contribution in [2.75, 3.05) is 6.54 Å². The first-order valence-corrected chi connectivity index (χ1v) is 4.85. The molecule has 0 radical (unpaired) electrons. The first-order valence-electron chi connectivity index (χ1n) is 4.85. The minimum absolute atomic E-state index is 0.00742. The molecule has 1 N–H and O–H groups in total. The molecule has 14 heavy (non-hydrogen) atoms. The second-order valence-corrected chi connectivity index (χ2v) is 3.88. The third-order valence-corrected chi connectivity index (χ3v) is 2.22. The molecule has 0 aliphatic carbocycles. The number of halogens is 3. The highest BCUT2D eigenvalue weighted by molar-refractivity contribution is 4.84. The molecule has 1 saturated heterocycles. The van der Waals surface area contributed by atoms with Gasteiger partial charge in [-0.05, 0) is 33.2 Å². The van der Waals surface area contributed by atoms with Gasteiger partial charge in [0.15, 0.2) is 0 Å². The number of piperidine rings is 1. The Morgan fingerprint density at radius 3 is 2.50 bits per heavy atom. The Kier molecular flexibility index (Phi) is 3.78. The van der Waals surface area contributed by atoms with Gasteiger partial charge in [-0.1, -0.05) is 0 Å². The van der Waals surface area contributed by atoms with Crippen LogP contribution in [0.1, 0.15) is 26.7 Å². The quantitative estimate of drug-likeness (QED) is 0.755. The van der Waals surface area contributed by atoms with Crippen molar-refractivity contribution in [2.24, 2.45) is 0 Å². The van der Waals surface area contributed by atoms with Crippen LogP contribution in [0.3, 0.4) is 0 Å². The van der Waals surface area contributed by atoms with E-state index in [1.54, 1.807) is 0 Å². The fourth-order valence-corrected chi connectivity index (χ4v) is 1.64. The predicted octanol–water partition coefficient (Wildman–Crippen LogP) is 2.09. The molecule has 0 aromatic heterocycles. The molecule has 5 heteroatoms. The SMILES string of the molecule is CC(C)OC1CCNC(C(F)(F)F)C1. The second-order valence-electron chi connectivity index (χ2n) is 3.88. The largest absolute Gasteiger partial charge is 0.403 e. The Bertz CT molecular complexity index is 181. The summed E-state index contributed by atoms with van der Waals surface area (Å²) in [5, 5.41) is 2.46. The van der Waals surface area contributed by atoms with E-state index in [2.05, 4.69) is 5.32 Å². The summed E-state index contributed by atoms with van der Waals surface area (Å²) in [6.07, 6.45) is -3.74. The van der Waals surface area contributed by atoms with Gasteiger partial charge in [-0.15, -0.1) is 0 Å². The molecule has 0 spiro atoms. The fourth-order valence-electron chi connectivity index (χ4n) is 1.64. The fraction of sp³-hybridized carbons (Fsp3) is 1.00. The van der Waals surface area contributed by atoms with Crippen LogP contribution in [0.25, 0.3) is 0 Å². The van der Waals surface area contributed by atoms with Crippen LogP contribution in [0.15, 0.2) is 0 Å². The second kappa shape index (κ2) is 4.49. The average Bonchev–Trinajstić information content (AvgIpc) is 2.01. The molecule has 0 saturated carbocycles. The third kappa shape index (κ3) is 3.46. The van der Waals surface area contributed by atoms with Crippen molar-refractivity contribution in [1.82, 2.24) is 5.32 Å². The van der Waals surface area contributed by atoms with E-state index >= 15 is 0 Å². The summed E-state index contributed by atoms with van der Waals surface area (Å²) < 4.78 is 42.4. The maximum atomic E-state index is 12.3. The van der Waals surface area contributed by atoms with Crippen LogP contribution in [0, 0.1) is 0 Å². The van der Waals surface area contributed by atoms with Gasteiger partial charge in [0.25, 0.3) is 0 Å². The summed E-state index contributed by atoms with van der Waals surface area (Å²) in [4.78, 5) is 0. The zero-order chi connectivity index (χ0) is 10.8. The highest BCUT2D eigenvalue weighted by Gasteiger charge is 2.42. The van der Waals surface area contributed by atoms with Crippen LogP contribution in [0.5, 0.6) is 0 Å². The molecule has 0 bridgehead atoms. The van der Waals surface area contributed by atoms with Gasteiger partial charge < -0.3 is 10.1 Å². The van der Waals surface area contributed by atoms with E-state index in [0.717, 1.165) is 0 Å². The molecule has 2 unspecified atom stereocenters. The van der Waals surface area contributed by atoms with E-state index in [0.29, 0.717) is 13.0 Å². The maximum Gasteiger partial charge on any atom is 0.403 e. The lowest BCUT2D eigenvalue weighted by Crippen LogP contribution is -2.50. The van der Waals surface area contributed by atoms with E-state index < -0.39 is 12.2 Å². The van der Waals surface area contributed by atoms with Crippen molar-refractivity contribution in [2.45, 2.75) is 51.1 Å². The van der Waals surface area contributed by atoms with E-state index in [9.17, 15) is 13.2 Å². The Morgan fingerprint density at radius 1 is 1.36 bits per heavy atom. The lowest BCUT2D eigenvalue weighted by atomic mass is 10.0. The van der Waals surface area contributed by atoms with Crippen LogP contribution in [0.2, 0.25) is 0 Å².